The Morgan fingerprint density at radius 2 is 1.70 bits per heavy atom. The molecular formula is C22H32Cl2N4O2. The minimum atomic E-state index is 0. The number of piperazine rings is 1. The summed E-state index contributed by atoms with van der Waals surface area (Å²) in [4.78, 5) is 31.9. The van der Waals surface area contributed by atoms with Gasteiger partial charge in [-0.3, -0.25) is 14.5 Å². The Hall–Kier alpha value is -1.34. The van der Waals surface area contributed by atoms with Crippen LogP contribution in [0, 0.1) is 11.3 Å². The number of piperidine rings is 1. The SMILES string of the molecule is Cl.Cl.O=C(C1CC12CCNCC2)N1CCN(CC(=O)N2CCc3ccccc32)CC1. The first-order valence-corrected chi connectivity index (χ1v) is 10.8. The van der Waals surface area contributed by atoms with Crippen LogP contribution >= 0.6 is 24.8 Å². The van der Waals surface area contributed by atoms with Crippen molar-refractivity contribution in [3.8, 4) is 0 Å². The fraction of sp³-hybridized carbons (Fsp3) is 0.636. The van der Waals surface area contributed by atoms with Crippen molar-refractivity contribution in [2.45, 2.75) is 25.7 Å². The average molecular weight is 455 g/mol. The van der Waals surface area contributed by atoms with Gasteiger partial charge in [0.15, 0.2) is 0 Å². The maximum atomic E-state index is 12.9. The molecule has 1 aliphatic carbocycles. The van der Waals surface area contributed by atoms with Crippen molar-refractivity contribution in [1.82, 2.24) is 15.1 Å². The van der Waals surface area contributed by atoms with Crippen LogP contribution in [0.1, 0.15) is 24.8 Å². The molecule has 8 heteroatoms. The van der Waals surface area contributed by atoms with Crippen LogP contribution in [0.25, 0.3) is 0 Å². The average Bonchev–Trinajstić information content (AvgIpc) is 3.23. The number of rotatable bonds is 3. The number of halogens is 2. The summed E-state index contributed by atoms with van der Waals surface area (Å²) in [6, 6.07) is 8.20. The summed E-state index contributed by atoms with van der Waals surface area (Å²) < 4.78 is 0. The summed E-state index contributed by atoms with van der Waals surface area (Å²) in [5.41, 5.74) is 2.64. The van der Waals surface area contributed by atoms with Crippen molar-refractivity contribution in [2.24, 2.45) is 11.3 Å². The van der Waals surface area contributed by atoms with Crippen molar-refractivity contribution >= 4 is 42.3 Å². The van der Waals surface area contributed by atoms with Gasteiger partial charge in [-0.2, -0.15) is 0 Å². The molecular weight excluding hydrogens is 423 g/mol. The summed E-state index contributed by atoms with van der Waals surface area (Å²) in [6.07, 6.45) is 4.33. The standard InChI is InChI=1S/C22H30N4O2.2ClH/c27-20(26-10-5-17-3-1-2-4-19(17)26)16-24-11-13-25(14-12-24)21(28)18-15-22(18)6-8-23-9-7-22;;/h1-4,18,23H,5-16H2;2*1H. The lowest BCUT2D eigenvalue weighted by atomic mass is 9.91. The van der Waals surface area contributed by atoms with E-state index in [4.69, 9.17) is 0 Å². The smallest absolute Gasteiger partial charge is 0.241 e. The van der Waals surface area contributed by atoms with Gasteiger partial charge in [-0.15, -0.1) is 24.8 Å². The van der Waals surface area contributed by atoms with E-state index in [2.05, 4.69) is 16.3 Å². The Kier molecular flexibility index (Phi) is 7.33. The predicted molar refractivity (Wildman–Crippen MR) is 123 cm³/mol. The lowest BCUT2D eigenvalue weighted by Gasteiger charge is -2.36. The van der Waals surface area contributed by atoms with Crippen molar-refractivity contribution in [3.05, 3.63) is 29.8 Å². The van der Waals surface area contributed by atoms with E-state index in [1.165, 1.54) is 5.56 Å². The van der Waals surface area contributed by atoms with Crippen LogP contribution in [0.15, 0.2) is 24.3 Å². The first-order valence-electron chi connectivity index (χ1n) is 10.8. The van der Waals surface area contributed by atoms with E-state index in [9.17, 15) is 9.59 Å². The zero-order valence-corrected chi connectivity index (χ0v) is 19.0. The highest BCUT2D eigenvalue weighted by molar-refractivity contribution is 5.96. The van der Waals surface area contributed by atoms with E-state index in [1.807, 2.05) is 28.0 Å². The highest BCUT2D eigenvalue weighted by atomic mass is 35.5. The molecule has 6 nitrogen and oxygen atoms in total. The maximum Gasteiger partial charge on any atom is 0.241 e. The summed E-state index contributed by atoms with van der Waals surface area (Å²) in [5.74, 6) is 0.797. The van der Waals surface area contributed by atoms with Crippen LogP contribution in [-0.4, -0.2) is 74.0 Å². The molecule has 3 fully saturated rings. The quantitative estimate of drug-likeness (QED) is 0.757. The zero-order chi connectivity index (χ0) is 19.1. The minimum absolute atomic E-state index is 0. The van der Waals surface area contributed by atoms with E-state index in [0.29, 0.717) is 17.9 Å². The number of amides is 2. The third kappa shape index (κ3) is 4.33. The van der Waals surface area contributed by atoms with E-state index in [1.54, 1.807) is 0 Å². The van der Waals surface area contributed by atoms with E-state index < -0.39 is 0 Å². The summed E-state index contributed by atoms with van der Waals surface area (Å²) in [7, 11) is 0. The van der Waals surface area contributed by atoms with Crippen LogP contribution in [0.5, 0.6) is 0 Å². The van der Waals surface area contributed by atoms with E-state index in [-0.39, 0.29) is 36.6 Å². The van der Waals surface area contributed by atoms with Crippen LogP contribution in [0.4, 0.5) is 5.69 Å². The molecule has 0 bridgehead atoms. The van der Waals surface area contributed by atoms with Crippen LogP contribution in [0.3, 0.4) is 0 Å². The number of carbonyl (C=O) groups is 2. The molecule has 0 radical (unpaired) electrons. The monoisotopic (exact) mass is 454 g/mol. The summed E-state index contributed by atoms with van der Waals surface area (Å²) >= 11 is 0. The molecule has 166 valence electrons. The first-order chi connectivity index (χ1) is 13.7. The van der Waals surface area contributed by atoms with Crippen LogP contribution in [0.2, 0.25) is 0 Å². The fourth-order valence-electron chi connectivity index (χ4n) is 5.39. The van der Waals surface area contributed by atoms with Gasteiger partial charge in [0.2, 0.25) is 11.8 Å². The number of nitrogens with one attached hydrogen (secondary N) is 1. The van der Waals surface area contributed by atoms with Crippen molar-refractivity contribution < 1.29 is 9.59 Å². The molecule has 0 aromatic heterocycles. The van der Waals surface area contributed by atoms with Crippen molar-refractivity contribution in [1.29, 1.82) is 0 Å². The second-order valence-electron chi connectivity index (χ2n) is 8.89. The Bertz CT molecular complexity index is 776. The van der Waals surface area contributed by atoms with Gasteiger partial charge in [0, 0.05) is 44.3 Å². The van der Waals surface area contributed by atoms with Crippen molar-refractivity contribution in [2.75, 3.05) is 57.3 Å². The molecule has 4 aliphatic rings. The minimum Gasteiger partial charge on any atom is -0.340 e. The molecule has 1 aromatic rings. The largest absolute Gasteiger partial charge is 0.340 e. The molecule has 1 aromatic carbocycles. The molecule has 3 heterocycles. The molecule has 3 aliphatic heterocycles. The van der Waals surface area contributed by atoms with E-state index in [0.717, 1.165) is 77.2 Å². The Labute approximate surface area is 191 Å². The number of nitrogens with zero attached hydrogens (tertiary/aromatic N) is 3. The number of benzene rings is 1. The molecule has 1 unspecified atom stereocenters. The van der Waals surface area contributed by atoms with Crippen LogP contribution < -0.4 is 10.2 Å². The topological polar surface area (TPSA) is 55.9 Å². The van der Waals surface area contributed by atoms with Gasteiger partial charge in [0.25, 0.3) is 0 Å². The molecule has 2 amide bonds. The Balaban J connectivity index is 0.00000128. The first kappa shape index (κ1) is 23.3. The molecule has 2 saturated heterocycles. The van der Waals surface area contributed by atoms with Gasteiger partial charge < -0.3 is 15.1 Å². The zero-order valence-electron chi connectivity index (χ0n) is 17.3. The summed E-state index contributed by atoms with van der Waals surface area (Å²) in [6.45, 7) is 6.47. The lowest BCUT2D eigenvalue weighted by molar-refractivity contribution is -0.135. The summed E-state index contributed by atoms with van der Waals surface area (Å²) in [5, 5.41) is 3.41. The van der Waals surface area contributed by atoms with Gasteiger partial charge in [0.05, 0.1) is 6.54 Å². The number of anilines is 1. The number of fused-ring (bicyclic) bond motifs is 1. The van der Waals surface area contributed by atoms with Gasteiger partial charge in [-0.1, -0.05) is 18.2 Å². The second-order valence-corrected chi connectivity index (χ2v) is 8.89. The fourth-order valence-corrected chi connectivity index (χ4v) is 5.39. The maximum absolute atomic E-state index is 12.9. The van der Waals surface area contributed by atoms with Gasteiger partial charge >= 0.3 is 0 Å². The highest BCUT2D eigenvalue weighted by Gasteiger charge is 2.58. The molecule has 1 N–H and O–H groups in total. The normalized spacial score (nSPS) is 24.6. The predicted octanol–water partition coefficient (Wildman–Crippen LogP) is 1.95. The number of hydrogen-bond acceptors (Lipinski definition) is 4. The number of carbonyl (C=O) groups excluding carboxylic acids is 2. The van der Waals surface area contributed by atoms with Gasteiger partial charge in [-0.25, -0.2) is 0 Å². The van der Waals surface area contributed by atoms with Gasteiger partial charge in [-0.05, 0) is 55.8 Å². The molecule has 1 spiro atoms. The molecule has 30 heavy (non-hydrogen) atoms. The third-order valence-electron chi connectivity index (χ3n) is 7.32. The lowest BCUT2D eigenvalue weighted by Crippen LogP contribution is -2.52. The number of hydrogen-bond donors (Lipinski definition) is 1. The highest BCUT2D eigenvalue weighted by Crippen LogP contribution is 2.59. The third-order valence-corrected chi connectivity index (χ3v) is 7.32. The molecule has 5 rings (SSSR count). The van der Waals surface area contributed by atoms with Gasteiger partial charge in [0.1, 0.15) is 0 Å². The molecule has 1 saturated carbocycles. The molecule has 1 atom stereocenters. The van der Waals surface area contributed by atoms with Crippen molar-refractivity contribution in [3.63, 3.8) is 0 Å². The number of para-hydroxylation sites is 1. The van der Waals surface area contributed by atoms with E-state index >= 15 is 0 Å². The van der Waals surface area contributed by atoms with Crippen LogP contribution in [-0.2, 0) is 16.0 Å². The second kappa shape index (κ2) is 9.43. The Morgan fingerprint density at radius 3 is 2.43 bits per heavy atom. The Morgan fingerprint density at radius 1 is 1.00 bits per heavy atom.